The molecule has 0 saturated carbocycles. The lowest BCUT2D eigenvalue weighted by Crippen LogP contribution is -2.45. The average Bonchev–Trinajstić information content (AvgIpc) is 2.73. The van der Waals surface area contributed by atoms with Gasteiger partial charge in [-0.1, -0.05) is 24.3 Å². The van der Waals surface area contributed by atoms with Crippen molar-refractivity contribution in [1.29, 1.82) is 0 Å². The van der Waals surface area contributed by atoms with Crippen molar-refractivity contribution in [2.24, 2.45) is 0 Å². The molecule has 1 atom stereocenters. The smallest absolute Gasteiger partial charge is 0.247 e. The zero-order valence-corrected chi connectivity index (χ0v) is 12.0. The summed E-state index contributed by atoms with van der Waals surface area (Å²) < 4.78 is 0. The van der Waals surface area contributed by atoms with E-state index in [0.29, 0.717) is 6.42 Å². The Bertz CT molecular complexity index is 553. The van der Waals surface area contributed by atoms with E-state index in [1.807, 2.05) is 19.9 Å². The monoisotopic (exact) mass is 272 g/mol. The second-order valence-electron chi connectivity index (χ2n) is 5.90. The van der Waals surface area contributed by atoms with Crippen LogP contribution in [0.5, 0.6) is 0 Å². The van der Waals surface area contributed by atoms with Crippen LogP contribution in [0, 0.1) is 0 Å². The first-order chi connectivity index (χ1) is 9.58. The topological polar surface area (TPSA) is 40.6 Å². The maximum Gasteiger partial charge on any atom is 0.247 e. The van der Waals surface area contributed by atoms with Gasteiger partial charge in [-0.3, -0.25) is 19.4 Å². The molecule has 3 rings (SSSR count). The highest BCUT2D eigenvalue weighted by atomic mass is 16.2. The third-order valence-electron chi connectivity index (χ3n) is 4.28. The molecule has 2 aliphatic rings. The van der Waals surface area contributed by atoms with E-state index in [9.17, 15) is 9.59 Å². The Kier molecular flexibility index (Phi) is 3.34. The lowest BCUT2D eigenvalue weighted by Gasteiger charge is -2.32. The van der Waals surface area contributed by atoms with Crippen molar-refractivity contribution >= 4 is 11.8 Å². The summed E-state index contributed by atoms with van der Waals surface area (Å²) in [6, 6.07) is 8.04. The molecule has 2 heterocycles. The molecule has 20 heavy (non-hydrogen) atoms. The fraction of sp³-hybridized carbons (Fsp3) is 0.500. The van der Waals surface area contributed by atoms with Crippen LogP contribution >= 0.6 is 0 Å². The van der Waals surface area contributed by atoms with Gasteiger partial charge in [-0.15, -0.1) is 0 Å². The maximum atomic E-state index is 12.4. The Morgan fingerprint density at radius 1 is 1.15 bits per heavy atom. The minimum atomic E-state index is -0.266. The molecule has 4 heteroatoms. The summed E-state index contributed by atoms with van der Waals surface area (Å²) in [5.74, 6) is -0.0572. The molecule has 4 nitrogen and oxygen atoms in total. The SMILES string of the molecule is CC(C)N1C(=O)CC(N2CCc3ccccc3C2)C1=O. The quantitative estimate of drug-likeness (QED) is 0.768. The number of fused-ring (bicyclic) bond motifs is 1. The molecule has 1 aromatic carbocycles. The van der Waals surface area contributed by atoms with E-state index >= 15 is 0 Å². The van der Waals surface area contributed by atoms with E-state index in [0.717, 1.165) is 19.5 Å². The second kappa shape index (κ2) is 5.02. The summed E-state index contributed by atoms with van der Waals surface area (Å²) in [6.45, 7) is 5.41. The number of amides is 2. The summed E-state index contributed by atoms with van der Waals surface area (Å²) in [6.07, 6.45) is 1.29. The molecule has 1 unspecified atom stereocenters. The van der Waals surface area contributed by atoms with Crippen molar-refractivity contribution in [3.63, 3.8) is 0 Å². The highest BCUT2D eigenvalue weighted by Gasteiger charge is 2.43. The zero-order chi connectivity index (χ0) is 14.3. The van der Waals surface area contributed by atoms with Crippen LogP contribution in [0.3, 0.4) is 0 Å². The number of imide groups is 1. The van der Waals surface area contributed by atoms with Gasteiger partial charge in [-0.25, -0.2) is 0 Å². The number of nitrogens with zero attached hydrogens (tertiary/aromatic N) is 2. The molecule has 0 aliphatic carbocycles. The van der Waals surface area contributed by atoms with Gasteiger partial charge in [0.1, 0.15) is 0 Å². The van der Waals surface area contributed by atoms with Gasteiger partial charge in [0.25, 0.3) is 0 Å². The van der Waals surface area contributed by atoms with Crippen molar-refractivity contribution in [1.82, 2.24) is 9.80 Å². The molecule has 0 N–H and O–H groups in total. The van der Waals surface area contributed by atoms with Crippen molar-refractivity contribution < 1.29 is 9.59 Å². The Labute approximate surface area is 119 Å². The highest BCUT2D eigenvalue weighted by Crippen LogP contribution is 2.26. The Balaban J connectivity index is 1.79. The molecule has 1 aromatic rings. The molecular formula is C16H20N2O2. The molecule has 0 radical (unpaired) electrons. The van der Waals surface area contributed by atoms with E-state index in [1.54, 1.807) is 0 Å². The normalized spacial score (nSPS) is 23.6. The summed E-state index contributed by atoms with van der Waals surface area (Å²) in [5.41, 5.74) is 2.64. The molecule has 0 aromatic heterocycles. The first kappa shape index (κ1) is 13.3. The van der Waals surface area contributed by atoms with Crippen molar-refractivity contribution in [3.8, 4) is 0 Å². The summed E-state index contributed by atoms with van der Waals surface area (Å²) >= 11 is 0. The first-order valence-electron chi connectivity index (χ1n) is 7.24. The lowest BCUT2D eigenvalue weighted by atomic mass is 9.98. The number of hydrogen-bond donors (Lipinski definition) is 0. The van der Waals surface area contributed by atoms with E-state index in [1.165, 1.54) is 16.0 Å². The summed E-state index contributed by atoms with van der Waals surface area (Å²) in [4.78, 5) is 28.0. The van der Waals surface area contributed by atoms with Crippen LogP contribution in [0.1, 0.15) is 31.4 Å². The van der Waals surface area contributed by atoms with Crippen LogP contribution in [-0.4, -0.2) is 40.2 Å². The molecular weight excluding hydrogens is 252 g/mol. The van der Waals surface area contributed by atoms with Gasteiger partial charge in [0, 0.05) is 19.1 Å². The molecule has 106 valence electrons. The number of hydrogen-bond acceptors (Lipinski definition) is 3. The van der Waals surface area contributed by atoms with Gasteiger partial charge < -0.3 is 0 Å². The fourth-order valence-electron chi connectivity index (χ4n) is 3.25. The zero-order valence-electron chi connectivity index (χ0n) is 12.0. The Morgan fingerprint density at radius 3 is 2.50 bits per heavy atom. The lowest BCUT2D eigenvalue weighted by molar-refractivity contribution is -0.141. The molecule has 0 spiro atoms. The van der Waals surface area contributed by atoms with Gasteiger partial charge in [0.05, 0.1) is 12.5 Å². The summed E-state index contributed by atoms with van der Waals surface area (Å²) in [5, 5.41) is 0. The van der Waals surface area contributed by atoms with E-state index < -0.39 is 0 Å². The maximum absolute atomic E-state index is 12.4. The van der Waals surface area contributed by atoms with Gasteiger partial charge in [0.2, 0.25) is 11.8 Å². The minimum absolute atomic E-state index is 0.0237. The van der Waals surface area contributed by atoms with E-state index in [4.69, 9.17) is 0 Å². The summed E-state index contributed by atoms with van der Waals surface area (Å²) in [7, 11) is 0. The van der Waals surface area contributed by atoms with Crippen molar-refractivity contribution in [2.45, 2.75) is 45.3 Å². The predicted molar refractivity (Wildman–Crippen MR) is 76.0 cm³/mol. The largest absolute Gasteiger partial charge is 0.287 e. The first-order valence-corrected chi connectivity index (χ1v) is 7.24. The fourth-order valence-corrected chi connectivity index (χ4v) is 3.25. The average molecular weight is 272 g/mol. The van der Waals surface area contributed by atoms with Crippen LogP contribution in [0.15, 0.2) is 24.3 Å². The molecule has 2 amide bonds. The highest BCUT2D eigenvalue weighted by molar-refractivity contribution is 6.05. The third-order valence-corrected chi connectivity index (χ3v) is 4.28. The van der Waals surface area contributed by atoms with Crippen LogP contribution in [0.25, 0.3) is 0 Å². The molecule has 1 fully saturated rings. The van der Waals surface area contributed by atoms with Crippen molar-refractivity contribution in [3.05, 3.63) is 35.4 Å². The van der Waals surface area contributed by atoms with Crippen molar-refractivity contribution in [2.75, 3.05) is 6.54 Å². The number of benzene rings is 1. The Morgan fingerprint density at radius 2 is 1.85 bits per heavy atom. The van der Waals surface area contributed by atoms with Crippen LogP contribution in [0.2, 0.25) is 0 Å². The van der Waals surface area contributed by atoms with Crippen LogP contribution < -0.4 is 0 Å². The predicted octanol–water partition coefficient (Wildman–Crippen LogP) is 1.58. The third kappa shape index (κ3) is 2.14. The van der Waals surface area contributed by atoms with Gasteiger partial charge in [0.15, 0.2) is 0 Å². The second-order valence-corrected chi connectivity index (χ2v) is 5.90. The van der Waals surface area contributed by atoms with E-state index in [-0.39, 0.29) is 23.9 Å². The van der Waals surface area contributed by atoms with Gasteiger partial charge in [-0.2, -0.15) is 0 Å². The number of carbonyl (C=O) groups excluding carboxylic acids is 2. The molecule has 2 aliphatic heterocycles. The van der Waals surface area contributed by atoms with Gasteiger partial charge in [-0.05, 0) is 31.4 Å². The van der Waals surface area contributed by atoms with Crippen LogP contribution in [-0.2, 0) is 22.6 Å². The number of carbonyl (C=O) groups is 2. The van der Waals surface area contributed by atoms with Crippen LogP contribution in [0.4, 0.5) is 0 Å². The molecule has 1 saturated heterocycles. The Hall–Kier alpha value is -1.68. The molecule has 0 bridgehead atoms. The van der Waals surface area contributed by atoms with E-state index in [2.05, 4.69) is 23.1 Å². The standard InChI is InChI=1S/C16H20N2O2/c1-11(2)18-15(19)9-14(16(18)20)17-8-7-12-5-3-4-6-13(12)10-17/h3-6,11,14H,7-10H2,1-2H3. The number of likely N-dealkylation sites (tertiary alicyclic amines) is 1. The minimum Gasteiger partial charge on any atom is -0.287 e. The number of rotatable bonds is 2. The van der Waals surface area contributed by atoms with Gasteiger partial charge >= 0.3 is 0 Å².